The van der Waals surface area contributed by atoms with E-state index in [4.69, 9.17) is 9.26 Å². The van der Waals surface area contributed by atoms with Gasteiger partial charge < -0.3 is 29.0 Å². The lowest BCUT2D eigenvalue weighted by Gasteiger charge is -2.37. The lowest BCUT2D eigenvalue weighted by atomic mass is 10.1. The van der Waals surface area contributed by atoms with E-state index in [1.165, 1.54) is 0 Å². The van der Waals surface area contributed by atoms with E-state index in [9.17, 15) is 9.59 Å². The number of carbonyl (C=O) groups is 1. The molecule has 0 saturated carbocycles. The Kier molecular flexibility index (Phi) is 5.20. The van der Waals surface area contributed by atoms with Gasteiger partial charge in [0.1, 0.15) is 11.8 Å². The molecule has 10 heteroatoms. The molecule has 0 aliphatic carbocycles. The molecular weight excluding hydrogens is 412 g/mol. The smallest absolute Gasteiger partial charge is 0.323 e. The van der Waals surface area contributed by atoms with Gasteiger partial charge in [-0.1, -0.05) is 23.4 Å². The van der Waals surface area contributed by atoms with Crippen LogP contribution in [0.25, 0.3) is 22.4 Å². The van der Waals surface area contributed by atoms with Crippen LogP contribution in [0.15, 0.2) is 57.8 Å². The van der Waals surface area contributed by atoms with Crippen molar-refractivity contribution < 1.29 is 14.1 Å². The van der Waals surface area contributed by atoms with Crippen molar-refractivity contribution in [1.29, 1.82) is 0 Å². The molecule has 1 amide bonds. The maximum atomic E-state index is 12.9. The first-order chi connectivity index (χ1) is 15.6. The molecule has 2 aromatic heterocycles. The molecule has 0 spiro atoms. The highest BCUT2D eigenvalue weighted by atomic mass is 16.5. The molecule has 0 radical (unpaired) electrons. The van der Waals surface area contributed by atoms with Crippen molar-refractivity contribution in [3.63, 3.8) is 0 Å². The summed E-state index contributed by atoms with van der Waals surface area (Å²) < 4.78 is 11.2. The minimum absolute atomic E-state index is 0.0667. The van der Waals surface area contributed by atoms with Gasteiger partial charge in [-0.25, -0.2) is 4.79 Å². The summed E-state index contributed by atoms with van der Waals surface area (Å²) in [7, 11) is 1.99. The van der Waals surface area contributed by atoms with Crippen LogP contribution in [0.5, 0.6) is 5.75 Å². The maximum Gasteiger partial charge on any atom is 0.323 e. The second-order valence-corrected chi connectivity index (χ2v) is 7.76. The summed E-state index contributed by atoms with van der Waals surface area (Å²) in [6.07, 6.45) is 0. The van der Waals surface area contributed by atoms with Gasteiger partial charge in [0.25, 0.3) is 11.8 Å². The van der Waals surface area contributed by atoms with Gasteiger partial charge in [0, 0.05) is 25.2 Å². The van der Waals surface area contributed by atoms with E-state index in [1.54, 1.807) is 17.0 Å². The third kappa shape index (κ3) is 4.00. The quantitative estimate of drug-likeness (QED) is 0.491. The van der Waals surface area contributed by atoms with Crippen molar-refractivity contribution in [3.8, 4) is 17.1 Å². The van der Waals surface area contributed by atoms with Crippen LogP contribution in [-0.4, -0.2) is 69.1 Å². The lowest BCUT2D eigenvalue weighted by Crippen LogP contribution is -2.50. The fraction of sp³-hybridized carbons (Fsp3) is 0.273. The molecule has 10 nitrogen and oxygen atoms in total. The van der Waals surface area contributed by atoms with Crippen molar-refractivity contribution in [1.82, 2.24) is 29.9 Å². The Labute approximate surface area is 182 Å². The van der Waals surface area contributed by atoms with Crippen molar-refractivity contribution in [2.45, 2.75) is 6.04 Å². The molecule has 1 aliphatic rings. The van der Waals surface area contributed by atoms with Crippen molar-refractivity contribution >= 4 is 16.9 Å². The molecule has 3 heterocycles. The molecule has 0 bridgehead atoms. The third-order valence-electron chi connectivity index (χ3n) is 5.51. The summed E-state index contributed by atoms with van der Waals surface area (Å²) in [6.45, 7) is 1.78. The highest BCUT2D eigenvalue weighted by Crippen LogP contribution is 2.27. The van der Waals surface area contributed by atoms with Gasteiger partial charge in [0.15, 0.2) is 6.61 Å². The number of carbonyl (C=O) groups excluding carboxylic acids is 1. The number of rotatable bonds is 5. The Morgan fingerprint density at radius 1 is 1.16 bits per heavy atom. The van der Waals surface area contributed by atoms with Crippen LogP contribution >= 0.6 is 0 Å². The fourth-order valence-electron chi connectivity index (χ4n) is 3.83. The third-order valence-corrected chi connectivity index (χ3v) is 5.51. The molecule has 2 N–H and O–H groups in total. The first kappa shape index (κ1) is 20.0. The zero-order valence-corrected chi connectivity index (χ0v) is 17.4. The zero-order chi connectivity index (χ0) is 22.1. The molecule has 1 saturated heterocycles. The number of para-hydroxylation sites is 1. The van der Waals surface area contributed by atoms with Gasteiger partial charge in [-0.2, -0.15) is 4.98 Å². The summed E-state index contributed by atoms with van der Waals surface area (Å²) >= 11 is 0. The van der Waals surface area contributed by atoms with Crippen LogP contribution in [0.1, 0.15) is 11.9 Å². The molecule has 1 aliphatic heterocycles. The number of piperazine rings is 1. The van der Waals surface area contributed by atoms with Gasteiger partial charge in [-0.15, -0.1) is 0 Å². The van der Waals surface area contributed by atoms with E-state index in [0.29, 0.717) is 47.2 Å². The molecule has 164 valence electrons. The van der Waals surface area contributed by atoms with Crippen LogP contribution in [0.2, 0.25) is 0 Å². The fourth-order valence-corrected chi connectivity index (χ4v) is 3.83. The number of benzene rings is 2. The SMILES string of the molecule is CN1CCN(C(=O)COc2ccccc2)[C@@H](c2nc(-c3ccc4[nH]c(=O)[nH]c4c3)no2)C1. The highest BCUT2D eigenvalue weighted by molar-refractivity contribution is 5.80. The number of hydrogen-bond acceptors (Lipinski definition) is 7. The normalized spacial score (nSPS) is 17.0. The molecule has 0 unspecified atom stereocenters. The van der Waals surface area contributed by atoms with Crippen LogP contribution in [0, 0.1) is 0 Å². The molecule has 2 aromatic carbocycles. The van der Waals surface area contributed by atoms with E-state index < -0.39 is 0 Å². The van der Waals surface area contributed by atoms with Gasteiger partial charge in [-0.3, -0.25) is 4.79 Å². The summed E-state index contributed by atoms with van der Waals surface area (Å²) in [5, 5.41) is 4.11. The Morgan fingerprint density at radius 3 is 2.81 bits per heavy atom. The van der Waals surface area contributed by atoms with Gasteiger partial charge in [-0.05, 0) is 37.4 Å². The number of amides is 1. The van der Waals surface area contributed by atoms with E-state index in [-0.39, 0.29) is 24.2 Å². The minimum atomic E-state index is -0.377. The summed E-state index contributed by atoms with van der Waals surface area (Å²) in [5.74, 6) is 1.26. The van der Waals surface area contributed by atoms with Gasteiger partial charge in [0.2, 0.25) is 5.82 Å². The average Bonchev–Trinajstić information content (AvgIpc) is 3.43. The maximum absolute atomic E-state index is 12.9. The first-order valence-electron chi connectivity index (χ1n) is 10.3. The molecular formula is C22H22N6O4. The highest BCUT2D eigenvalue weighted by Gasteiger charge is 2.34. The van der Waals surface area contributed by atoms with Gasteiger partial charge in [0.05, 0.1) is 11.0 Å². The second-order valence-electron chi connectivity index (χ2n) is 7.76. The Hall–Kier alpha value is -3.92. The summed E-state index contributed by atoms with van der Waals surface area (Å²) in [4.78, 5) is 38.3. The number of fused-ring (bicyclic) bond motifs is 1. The summed E-state index contributed by atoms with van der Waals surface area (Å²) in [6, 6.07) is 14.2. The van der Waals surface area contributed by atoms with Crippen LogP contribution in [0.3, 0.4) is 0 Å². The van der Waals surface area contributed by atoms with Crippen LogP contribution in [0.4, 0.5) is 0 Å². The van der Waals surface area contributed by atoms with Crippen LogP contribution < -0.4 is 10.4 Å². The van der Waals surface area contributed by atoms with Crippen molar-refractivity contribution in [2.75, 3.05) is 33.3 Å². The number of H-pyrrole nitrogens is 2. The number of nitrogens with zero attached hydrogens (tertiary/aromatic N) is 4. The average molecular weight is 434 g/mol. The van der Waals surface area contributed by atoms with Crippen molar-refractivity contribution in [3.05, 3.63) is 64.9 Å². The predicted molar refractivity (Wildman–Crippen MR) is 116 cm³/mol. The number of aromatic nitrogens is 4. The number of ether oxygens (including phenoxy) is 1. The Bertz CT molecular complexity index is 1290. The number of imidazole rings is 1. The standard InChI is InChI=1S/C22H22N6O4/c1-27-9-10-28(19(29)13-31-15-5-3-2-4-6-15)18(12-27)21-25-20(26-32-21)14-7-8-16-17(11-14)24-22(30)23-16/h2-8,11,18H,9-10,12-13H2,1H3,(H2,23,24,30)/t18-/m1/s1. The molecule has 32 heavy (non-hydrogen) atoms. The zero-order valence-electron chi connectivity index (χ0n) is 17.4. The largest absolute Gasteiger partial charge is 0.484 e. The van der Waals surface area contributed by atoms with Crippen molar-refractivity contribution in [2.24, 2.45) is 0 Å². The number of aromatic amines is 2. The van der Waals surface area contributed by atoms with E-state index in [2.05, 4.69) is 25.0 Å². The second kappa shape index (κ2) is 8.31. The Balaban J connectivity index is 1.36. The van der Waals surface area contributed by atoms with Crippen LogP contribution in [-0.2, 0) is 4.79 Å². The van der Waals surface area contributed by atoms with Gasteiger partial charge >= 0.3 is 5.69 Å². The topological polar surface area (TPSA) is 120 Å². The minimum Gasteiger partial charge on any atom is -0.484 e. The number of likely N-dealkylation sites (N-methyl/N-ethyl adjacent to an activating group) is 1. The van der Waals surface area contributed by atoms with E-state index in [1.807, 2.05) is 43.4 Å². The summed E-state index contributed by atoms with van der Waals surface area (Å²) in [5.41, 5.74) is 1.79. The predicted octanol–water partition coefficient (Wildman–Crippen LogP) is 1.80. The first-order valence-corrected chi connectivity index (χ1v) is 10.3. The van der Waals surface area contributed by atoms with E-state index >= 15 is 0 Å². The molecule has 1 atom stereocenters. The monoisotopic (exact) mass is 434 g/mol. The number of nitrogens with one attached hydrogen (secondary N) is 2. The molecule has 1 fully saturated rings. The molecule has 5 rings (SSSR count). The lowest BCUT2D eigenvalue weighted by molar-refractivity contribution is -0.139. The van der Waals surface area contributed by atoms with E-state index in [0.717, 1.165) is 6.54 Å². The number of hydrogen-bond donors (Lipinski definition) is 2. The Morgan fingerprint density at radius 2 is 1.97 bits per heavy atom. The molecule has 4 aromatic rings.